The van der Waals surface area contributed by atoms with Crippen molar-refractivity contribution < 1.29 is 19.0 Å². The number of methoxy groups -OCH3 is 2. The minimum Gasteiger partial charge on any atom is -0.497 e. The van der Waals surface area contributed by atoms with Crippen molar-refractivity contribution >= 4 is 29.5 Å². The summed E-state index contributed by atoms with van der Waals surface area (Å²) in [4.78, 5) is 16.3. The van der Waals surface area contributed by atoms with Crippen molar-refractivity contribution in [3.05, 3.63) is 64.3 Å². The third-order valence-electron chi connectivity index (χ3n) is 3.44. The van der Waals surface area contributed by atoms with E-state index < -0.39 is 5.97 Å². The summed E-state index contributed by atoms with van der Waals surface area (Å²) < 4.78 is 15.4. The number of halogens is 1. The van der Waals surface area contributed by atoms with Crippen LogP contribution in [0.15, 0.2) is 53.2 Å². The lowest BCUT2D eigenvalue weighted by atomic mass is 10.2. The van der Waals surface area contributed by atoms with E-state index in [-0.39, 0.29) is 11.6 Å². The summed E-state index contributed by atoms with van der Waals surface area (Å²) in [6.45, 7) is 0. The molecule has 0 aliphatic carbocycles. The molecular formula is C18H14ClNO4. The summed E-state index contributed by atoms with van der Waals surface area (Å²) >= 11 is 6.09. The zero-order valence-electron chi connectivity index (χ0n) is 13.1. The molecule has 0 amide bonds. The van der Waals surface area contributed by atoms with Crippen molar-refractivity contribution in [3.8, 4) is 11.5 Å². The quantitative estimate of drug-likeness (QED) is 0.627. The maximum atomic E-state index is 12.0. The molecule has 0 spiro atoms. The molecule has 0 fully saturated rings. The molecule has 2 aromatic rings. The molecule has 6 heteroatoms. The van der Waals surface area contributed by atoms with Gasteiger partial charge in [-0.2, -0.15) is 0 Å². The van der Waals surface area contributed by atoms with Crippen molar-refractivity contribution in [1.82, 2.24) is 0 Å². The average Bonchev–Trinajstić information content (AvgIpc) is 2.96. The van der Waals surface area contributed by atoms with E-state index in [0.717, 1.165) is 5.56 Å². The Hall–Kier alpha value is -2.79. The molecule has 0 saturated heterocycles. The standard InChI is InChI=1S/C18H14ClNO4/c1-22-13-6-4-12(5-7-13)17-20-15(18(21)24-17)10-11-3-8-16(23-2)14(19)9-11/h3-10H,1-2H3/b15-10+. The first-order chi connectivity index (χ1) is 11.6. The van der Waals surface area contributed by atoms with Crippen molar-refractivity contribution in [2.24, 2.45) is 4.99 Å². The van der Waals surface area contributed by atoms with E-state index in [1.54, 1.807) is 62.8 Å². The molecule has 3 rings (SSSR count). The van der Waals surface area contributed by atoms with Crippen LogP contribution in [-0.4, -0.2) is 26.1 Å². The maximum absolute atomic E-state index is 12.0. The Morgan fingerprint density at radius 3 is 2.46 bits per heavy atom. The molecule has 1 heterocycles. The summed E-state index contributed by atoms with van der Waals surface area (Å²) in [6.07, 6.45) is 1.62. The van der Waals surface area contributed by atoms with E-state index in [2.05, 4.69) is 4.99 Å². The number of rotatable bonds is 4. The first-order valence-electron chi connectivity index (χ1n) is 7.11. The predicted molar refractivity (Wildman–Crippen MR) is 91.6 cm³/mol. The van der Waals surface area contributed by atoms with Crippen molar-refractivity contribution in [3.63, 3.8) is 0 Å². The summed E-state index contributed by atoms with van der Waals surface area (Å²) in [5.41, 5.74) is 1.63. The molecule has 1 aliphatic rings. The zero-order chi connectivity index (χ0) is 17.1. The van der Waals surface area contributed by atoms with Gasteiger partial charge in [0.15, 0.2) is 5.70 Å². The van der Waals surface area contributed by atoms with Crippen molar-refractivity contribution in [2.75, 3.05) is 14.2 Å². The lowest BCUT2D eigenvalue weighted by Crippen LogP contribution is -2.05. The lowest BCUT2D eigenvalue weighted by Gasteiger charge is -2.03. The first-order valence-corrected chi connectivity index (χ1v) is 7.49. The van der Waals surface area contributed by atoms with Crippen LogP contribution in [0.2, 0.25) is 5.02 Å². The number of benzene rings is 2. The first kappa shape index (κ1) is 16.1. The van der Waals surface area contributed by atoms with Gasteiger partial charge in [0.2, 0.25) is 5.90 Å². The molecule has 0 unspecified atom stereocenters. The van der Waals surface area contributed by atoms with Crippen LogP contribution in [0.1, 0.15) is 11.1 Å². The Labute approximate surface area is 144 Å². The Morgan fingerprint density at radius 2 is 1.83 bits per heavy atom. The fourth-order valence-corrected chi connectivity index (χ4v) is 2.46. The zero-order valence-corrected chi connectivity index (χ0v) is 13.8. The average molecular weight is 344 g/mol. The summed E-state index contributed by atoms with van der Waals surface area (Å²) in [5.74, 6) is 1.03. The van der Waals surface area contributed by atoms with Crippen LogP contribution in [0.5, 0.6) is 11.5 Å². The number of carbonyl (C=O) groups is 1. The maximum Gasteiger partial charge on any atom is 0.363 e. The van der Waals surface area contributed by atoms with Gasteiger partial charge in [-0.05, 0) is 48.0 Å². The van der Waals surface area contributed by atoms with Crippen LogP contribution in [0.4, 0.5) is 0 Å². The van der Waals surface area contributed by atoms with E-state index in [1.165, 1.54) is 0 Å². The largest absolute Gasteiger partial charge is 0.497 e. The van der Waals surface area contributed by atoms with Crippen LogP contribution >= 0.6 is 11.6 Å². The molecule has 0 bridgehead atoms. The molecule has 5 nitrogen and oxygen atoms in total. The summed E-state index contributed by atoms with van der Waals surface area (Å²) in [6, 6.07) is 12.3. The van der Waals surface area contributed by atoms with Crippen LogP contribution in [0.3, 0.4) is 0 Å². The molecule has 0 aromatic heterocycles. The van der Waals surface area contributed by atoms with Gasteiger partial charge >= 0.3 is 5.97 Å². The Bertz CT molecular complexity index is 841. The van der Waals surface area contributed by atoms with Gasteiger partial charge < -0.3 is 14.2 Å². The van der Waals surface area contributed by atoms with Crippen LogP contribution in [-0.2, 0) is 9.53 Å². The fourth-order valence-electron chi connectivity index (χ4n) is 2.20. The van der Waals surface area contributed by atoms with Gasteiger partial charge in [0, 0.05) is 5.56 Å². The van der Waals surface area contributed by atoms with Crippen LogP contribution < -0.4 is 9.47 Å². The second-order valence-corrected chi connectivity index (χ2v) is 5.37. The van der Waals surface area contributed by atoms with Crippen molar-refractivity contribution in [1.29, 1.82) is 0 Å². The fraction of sp³-hybridized carbons (Fsp3) is 0.111. The van der Waals surface area contributed by atoms with E-state index >= 15 is 0 Å². The number of ether oxygens (including phenoxy) is 3. The molecule has 0 atom stereocenters. The van der Waals surface area contributed by atoms with Gasteiger partial charge in [-0.15, -0.1) is 0 Å². The minimum atomic E-state index is -0.507. The van der Waals surface area contributed by atoms with Gasteiger partial charge in [-0.25, -0.2) is 9.79 Å². The highest BCUT2D eigenvalue weighted by Crippen LogP contribution is 2.27. The molecule has 2 aromatic carbocycles. The summed E-state index contributed by atoms with van der Waals surface area (Å²) in [5, 5.41) is 0.456. The molecule has 1 aliphatic heterocycles. The third-order valence-corrected chi connectivity index (χ3v) is 3.73. The molecule has 0 N–H and O–H groups in total. The van der Waals surface area contributed by atoms with Gasteiger partial charge in [-0.1, -0.05) is 17.7 Å². The van der Waals surface area contributed by atoms with Gasteiger partial charge in [0.1, 0.15) is 11.5 Å². The third kappa shape index (κ3) is 3.26. The van der Waals surface area contributed by atoms with E-state index in [1.807, 2.05) is 0 Å². The Kier molecular flexibility index (Phi) is 4.53. The number of carbonyl (C=O) groups excluding carboxylic acids is 1. The number of aliphatic imine (C=N–C) groups is 1. The minimum absolute atomic E-state index is 0.210. The predicted octanol–water partition coefficient (Wildman–Crippen LogP) is 3.70. The monoisotopic (exact) mass is 343 g/mol. The van der Waals surface area contributed by atoms with Gasteiger partial charge in [-0.3, -0.25) is 0 Å². The Balaban J connectivity index is 1.89. The number of hydrogen-bond acceptors (Lipinski definition) is 5. The number of nitrogens with zero attached hydrogens (tertiary/aromatic N) is 1. The van der Waals surface area contributed by atoms with Gasteiger partial charge in [0.05, 0.1) is 19.2 Å². The molecular weight excluding hydrogens is 330 g/mol. The van der Waals surface area contributed by atoms with Gasteiger partial charge in [0.25, 0.3) is 0 Å². The lowest BCUT2D eigenvalue weighted by molar-refractivity contribution is -0.129. The molecule has 0 saturated carbocycles. The summed E-state index contributed by atoms with van der Waals surface area (Å²) in [7, 11) is 3.13. The van der Waals surface area contributed by atoms with Crippen LogP contribution in [0, 0.1) is 0 Å². The topological polar surface area (TPSA) is 57.1 Å². The smallest absolute Gasteiger partial charge is 0.363 e. The van der Waals surface area contributed by atoms with E-state index in [0.29, 0.717) is 22.1 Å². The molecule has 0 radical (unpaired) electrons. The molecule has 122 valence electrons. The number of esters is 1. The van der Waals surface area contributed by atoms with E-state index in [9.17, 15) is 4.79 Å². The molecule has 24 heavy (non-hydrogen) atoms. The number of cyclic esters (lactones) is 1. The van der Waals surface area contributed by atoms with Crippen molar-refractivity contribution in [2.45, 2.75) is 0 Å². The van der Waals surface area contributed by atoms with Crippen LogP contribution in [0.25, 0.3) is 6.08 Å². The second kappa shape index (κ2) is 6.76. The Morgan fingerprint density at radius 1 is 1.08 bits per heavy atom. The van der Waals surface area contributed by atoms with E-state index in [4.69, 9.17) is 25.8 Å². The number of hydrogen-bond donors (Lipinski definition) is 0. The SMILES string of the molecule is COc1ccc(C2=N/C(=C/c3ccc(OC)c(Cl)c3)C(=O)O2)cc1. The highest BCUT2D eigenvalue weighted by Gasteiger charge is 2.24. The normalized spacial score (nSPS) is 15.2. The second-order valence-electron chi connectivity index (χ2n) is 4.96. The highest BCUT2D eigenvalue weighted by atomic mass is 35.5. The highest BCUT2D eigenvalue weighted by molar-refractivity contribution is 6.32.